The second kappa shape index (κ2) is 9.65. The molecule has 0 aromatic rings. The minimum atomic E-state index is -2.19. The molecule has 0 aliphatic heterocycles. The summed E-state index contributed by atoms with van der Waals surface area (Å²) in [5.74, 6) is -4.37. The summed E-state index contributed by atoms with van der Waals surface area (Å²) in [6.07, 6.45) is -0.528. The Balaban J connectivity index is -0.000000218. The van der Waals surface area contributed by atoms with Crippen molar-refractivity contribution in [3.05, 3.63) is 0 Å². The number of aliphatic hydroxyl groups is 2. The van der Waals surface area contributed by atoms with Gasteiger partial charge in [-0.3, -0.25) is 0 Å². The van der Waals surface area contributed by atoms with E-state index in [4.69, 9.17) is 30.0 Å². The van der Waals surface area contributed by atoms with Crippen molar-refractivity contribution in [1.82, 2.24) is 0 Å². The molecule has 20 heavy (non-hydrogen) atoms. The fourth-order valence-corrected chi connectivity index (χ4v) is 0. The SMILES string of the molecule is CC(O)[N+](C)(C)C.CC(O)[N+](C)(C)C.O=C([O-])C(=O)[O-]. The van der Waals surface area contributed by atoms with Gasteiger partial charge < -0.3 is 39.0 Å². The lowest BCUT2D eigenvalue weighted by atomic mass is 10.5. The number of rotatable bonds is 2. The summed E-state index contributed by atoms with van der Waals surface area (Å²) >= 11 is 0. The van der Waals surface area contributed by atoms with Crippen molar-refractivity contribution in [1.29, 1.82) is 0 Å². The molecule has 0 fully saturated rings. The van der Waals surface area contributed by atoms with Crippen molar-refractivity contribution >= 4 is 11.9 Å². The van der Waals surface area contributed by atoms with Gasteiger partial charge in [-0.15, -0.1) is 0 Å². The van der Waals surface area contributed by atoms with Gasteiger partial charge in [-0.1, -0.05) is 0 Å². The third-order valence-corrected chi connectivity index (χ3v) is 2.41. The number of carbonyl (C=O) groups is 2. The van der Waals surface area contributed by atoms with Gasteiger partial charge in [-0.25, -0.2) is 0 Å². The highest BCUT2D eigenvalue weighted by Crippen LogP contribution is 1.95. The van der Waals surface area contributed by atoms with Gasteiger partial charge in [-0.2, -0.15) is 0 Å². The standard InChI is InChI=1S/2C5H14NO.C2H2O4/c2*1-5(7)6(2,3)4;3-1(4)2(5)6/h2*5,7H,1-4H3;(H,3,4)(H,5,6)/q2*+1;/p-2. The quantitative estimate of drug-likeness (QED) is 0.310. The number of carbonyl (C=O) groups excluding carboxylic acids is 2. The van der Waals surface area contributed by atoms with Crippen molar-refractivity contribution in [3.63, 3.8) is 0 Å². The Morgan fingerprint density at radius 2 is 0.850 bits per heavy atom. The Labute approximate surface area is 120 Å². The van der Waals surface area contributed by atoms with Gasteiger partial charge in [0, 0.05) is 13.8 Å². The normalized spacial score (nSPS) is 13.9. The van der Waals surface area contributed by atoms with Crippen molar-refractivity contribution in [2.45, 2.75) is 26.3 Å². The van der Waals surface area contributed by atoms with Gasteiger partial charge >= 0.3 is 0 Å². The molecule has 0 saturated carbocycles. The maximum absolute atomic E-state index is 8.93. The molecule has 0 rings (SSSR count). The van der Waals surface area contributed by atoms with Crippen LogP contribution in [-0.4, -0.2) is 85.9 Å². The van der Waals surface area contributed by atoms with Crippen LogP contribution in [-0.2, 0) is 9.59 Å². The molecule has 0 amide bonds. The molecule has 0 aromatic carbocycles. The van der Waals surface area contributed by atoms with E-state index in [0.29, 0.717) is 8.97 Å². The predicted molar refractivity (Wildman–Crippen MR) is 69.4 cm³/mol. The van der Waals surface area contributed by atoms with E-state index >= 15 is 0 Å². The monoisotopic (exact) mass is 296 g/mol. The maximum atomic E-state index is 8.93. The first-order valence-corrected chi connectivity index (χ1v) is 5.94. The molecule has 0 radical (unpaired) electrons. The molecular weight excluding hydrogens is 268 g/mol. The van der Waals surface area contributed by atoms with Crippen LogP contribution in [0.3, 0.4) is 0 Å². The summed E-state index contributed by atoms with van der Waals surface area (Å²) in [6.45, 7) is 3.56. The zero-order valence-corrected chi connectivity index (χ0v) is 13.6. The Bertz CT molecular complexity index is 259. The molecule has 0 aliphatic carbocycles. The van der Waals surface area contributed by atoms with Crippen LogP contribution < -0.4 is 10.2 Å². The van der Waals surface area contributed by atoms with Gasteiger partial charge in [0.1, 0.15) is 0 Å². The maximum Gasteiger partial charge on any atom is 0.187 e. The van der Waals surface area contributed by atoms with Crippen LogP contribution >= 0.6 is 0 Å². The van der Waals surface area contributed by atoms with Crippen LogP contribution in [0.4, 0.5) is 0 Å². The molecule has 8 heteroatoms. The number of carboxylic acid groups (broad SMARTS) is 2. The summed E-state index contributed by atoms with van der Waals surface area (Å²) in [5, 5.41) is 35.6. The van der Waals surface area contributed by atoms with Crippen LogP contribution in [0.15, 0.2) is 0 Å². The minimum absolute atomic E-state index is 0.264. The van der Waals surface area contributed by atoms with Crippen LogP contribution in [0.5, 0.6) is 0 Å². The van der Waals surface area contributed by atoms with Crippen LogP contribution in [0.25, 0.3) is 0 Å². The van der Waals surface area contributed by atoms with E-state index in [1.165, 1.54) is 0 Å². The summed E-state index contributed by atoms with van der Waals surface area (Å²) in [4.78, 5) is 17.9. The Kier molecular flexibility index (Phi) is 11.5. The molecule has 0 bridgehead atoms. The van der Waals surface area contributed by atoms with Crippen LogP contribution in [0, 0.1) is 0 Å². The predicted octanol–water partition coefficient (Wildman–Crippen LogP) is -3.45. The second-order valence-electron chi connectivity index (χ2n) is 6.07. The highest BCUT2D eigenvalue weighted by atomic mass is 16.4. The highest BCUT2D eigenvalue weighted by molar-refractivity contribution is 6.25. The van der Waals surface area contributed by atoms with Crippen molar-refractivity contribution in [3.8, 4) is 0 Å². The summed E-state index contributed by atoms with van der Waals surface area (Å²) in [6, 6.07) is 0. The van der Waals surface area contributed by atoms with Gasteiger partial charge in [0.15, 0.2) is 12.5 Å². The molecular formula is C12H28N2O6. The number of carboxylic acids is 2. The Morgan fingerprint density at radius 1 is 0.750 bits per heavy atom. The molecule has 122 valence electrons. The number of nitrogens with zero attached hydrogens (tertiary/aromatic N) is 2. The largest absolute Gasteiger partial charge is 0.543 e. The fourth-order valence-electron chi connectivity index (χ4n) is 0. The number of aliphatic hydroxyl groups excluding tert-OH is 2. The van der Waals surface area contributed by atoms with E-state index in [1.54, 1.807) is 13.8 Å². The van der Waals surface area contributed by atoms with Gasteiger partial charge in [-0.05, 0) is 0 Å². The molecule has 0 heterocycles. The Hall–Kier alpha value is -1.22. The molecule has 0 aliphatic rings. The van der Waals surface area contributed by atoms with E-state index in [2.05, 4.69) is 0 Å². The zero-order chi connectivity index (χ0) is 17.3. The third kappa shape index (κ3) is 19.1. The molecule has 0 spiro atoms. The Morgan fingerprint density at radius 3 is 0.850 bits per heavy atom. The first kappa shape index (κ1) is 23.8. The van der Waals surface area contributed by atoms with E-state index in [1.807, 2.05) is 42.3 Å². The molecule has 8 nitrogen and oxygen atoms in total. The summed E-state index contributed by atoms with van der Waals surface area (Å²) in [7, 11) is 11.7. The summed E-state index contributed by atoms with van der Waals surface area (Å²) in [5.41, 5.74) is 0. The van der Waals surface area contributed by atoms with E-state index in [0.717, 1.165) is 0 Å². The topological polar surface area (TPSA) is 121 Å². The molecule has 2 unspecified atom stereocenters. The fraction of sp³-hybridized carbons (Fsp3) is 0.833. The van der Waals surface area contributed by atoms with Crippen molar-refractivity contribution in [2.75, 3.05) is 42.3 Å². The smallest absolute Gasteiger partial charge is 0.187 e. The van der Waals surface area contributed by atoms with Crippen molar-refractivity contribution in [2.24, 2.45) is 0 Å². The first-order valence-electron chi connectivity index (χ1n) is 5.94. The molecule has 2 atom stereocenters. The average Bonchev–Trinajstić information content (AvgIpc) is 2.15. The lowest BCUT2D eigenvalue weighted by Gasteiger charge is -2.26. The van der Waals surface area contributed by atoms with E-state index < -0.39 is 11.9 Å². The molecule has 0 saturated heterocycles. The van der Waals surface area contributed by atoms with E-state index in [-0.39, 0.29) is 12.5 Å². The number of hydrogen-bond donors (Lipinski definition) is 2. The number of hydrogen-bond acceptors (Lipinski definition) is 6. The van der Waals surface area contributed by atoms with Gasteiger partial charge in [0.05, 0.1) is 54.2 Å². The van der Waals surface area contributed by atoms with Gasteiger partial charge in [0.25, 0.3) is 0 Å². The second-order valence-corrected chi connectivity index (χ2v) is 6.07. The summed E-state index contributed by atoms with van der Waals surface area (Å²) < 4.78 is 1.22. The zero-order valence-electron chi connectivity index (χ0n) is 13.6. The average molecular weight is 296 g/mol. The van der Waals surface area contributed by atoms with Crippen molar-refractivity contribution < 1.29 is 39.0 Å². The number of aliphatic carboxylic acids is 2. The molecule has 2 N–H and O–H groups in total. The number of quaternary nitrogens is 2. The lowest BCUT2D eigenvalue weighted by molar-refractivity contribution is -0.916. The van der Waals surface area contributed by atoms with Gasteiger partial charge in [0.2, 0.25) is 0 Å². The third-order valence-electron chi connectivity index (χ3n) is 2.41. The van der Waals surface area contributed by atoms with Crippen LogP contribution in [0.2, 0.25) is 0 Å². The van der Waals surface area contributed by atoms with Crippen LogP contribution in [0.1, 0.15) is 13.8 Å². The first-order chi connectivity index (χ1) is 8.53. The van der Waals surface area contributed by atoms with E-state index in [9.17, 15) is 0 Å². The molecule has 0 aromatic heterocycles. The highest BCUT2D eigenvalue weighted by Gasteiger charge is 2.12. The minimum Gasteiger partial charge on any atom is -0.543 e. The lowest BCUT2D eigenvalue weighted by Crippen LogP contribution is -2.42.